The fourth-order valence-corrected chi connectivity index (χ4v) is 5.36. The summed E-state index contributed by atoms with van der Waals surface area (Å²) in [5.41, 5.74) is 5.18. The summed E-state index contributed by atoms with van der Waals surface area (Å²) in [5, 5.41) is 6.79. The van der Waals surface area contributed by atoms with Crippen LogP contribution in [0.15, 0.2) is 53.7 Å². The molecule has 2 aromatic carbocycles. The fourth-order valence-electron chi connectivity index (χ4n) is 4.98. The molecule has 1 N–H and O–H groups in total. The van der Waals surface area contributed by atoms with Crippen LogP contribution < -0.4 is 5.32 Å². The monoisotopic (exact) mass is 494 g/mol. The molecule has 35 heavy (non-hydrogen) atoms. The second-order valence-corrected chi connectivity index (χ2v) is 10.4. The molecule has 6 nitrogen and oxygen atoms in total. The largest absolute Gasteiger partial charge is 0.314 e. The van der Waals surface area contributed by atoms with Crippen molar-refractivity contribution in [3.8, 4) is 0 Å². The van der Waals surface area contributed by atoms with E-state index in [1.54, 1.807) is 0 Å². The Bertz CT molecular complexity index is 990. The minimum Gasteiger partial charge on any atom is -0.314 e. The third-order valence-electron chi connectivity index (χ3n) is 7.37. The molecule has 0 amide bonds. The number of carbonyl (C=O) groups is 1. The van der Waals surface area contributed by atoms with Crippen LogP contribution in [0.4, 0.5) is 0 Å². The number of rotatable bonds is 8. The number of nitrogens with one attached hydrogen (secondary N) is 1. The van der Waals surface area contributed by atoms with Gasteiger partial charge in [-0.15, -0.1) is 8.86 Å². The lowest BCUT2D eigenvalue weighted by atomic mass is 9.82. The van der Waals surface area contributed by atoms with Gasteiger partial charge in [-0.25, -0.2) is 0 Å². The zero-order chi connectivity index (χ0) is 25.3. The summed E-state index contributed by atoms with van der Waals surface area (Å²) in [7, 11) is 5.71. The standard InChI is InChI=1S/C19H29N4OP.C9H10O/c1-20-14-18(25)23-10-7-17(15-23)22-11-8-19(21-24,9-12-22)13-16-5-3-2-4-6-16;1-7-3-4-9(6-10)5-8(7)2/h2-6,17,20,25H,7-15H2,1H3;3-6H,1-2H3. The maximum Gasteiger partial charge on any atom is 0.150 e. The molecule has 2 aliphatic rings. The Morgan fingerprint density at radius 3 is 2.43 bits per heavy atom. The molecular weight excluding hydrogens is 455 g/mol. The van der Waals surface area contributed by atoms with Gasteiger partial charge in [-0.1, -0.05) is 47.6 Å². The predicted octanol–water partition coefficient (Wildman–Crippen LogP) is 4.51. The van der Waals surface area contributed by atoms with E-state index in [2.05, 4.69) is 41.3 Å². The summed E-state index contributed by atoms with van der Waals surface area (Å²) in [5.74, 6) is 0. The third-order valence-corrected chi connectivity index (χ3v) is 7.86. The molecule has 7 heteroatoms. The summed E-state index contributed by atoms with van der Waals surface area (Å²) in [6.07, 6.45) is 4.55. The highest BCUT2D eigenvalue weighted by Crippen LogP contribution is 2.32. The summed E-state index contributed by atoms with van der Waals surface area (Å²) >= 11 is 0. The van der Waals surface area contributed by atoms with E-state index in [1.807, 2.05) is 57.3 Å². The highest BCUT2D eigenvalue weighted by molar-refractivity contribution is 7.21. The SMILES string of the molecule is CNCC(=P)N1CCC(N2CCC(Cc3ccccc3)(N=O)CC2)C1.Cc1ccc(C=O)cc1C. The van der Waals surface area contributed by atoms with Crippen LogP contribution in [0.3, 0.4) is 0 Å². The molecule has 2 heterocycles. The number of aldehydes is 1. The number of piperidine rings is 1. The van der Waals surface area contributed by atoms with E-state index >= 15 is 0 Å². The maximum atomic E-state index is 11.6. The van der Waals surface area contributed by atoms with Crippen LogP contribution in [0.25, 0.3) is 0 Å². The van der Waals surface area contributed by atoms with E-state index in [-0.39, 0.29) is 0 Å². The van der Waals surface area contributed by atoms with Crippen LogP contribution in [0, 0.1) is 18.8 Å². The molecule has 188 valence electrons. The van der Waals surface area contributed by atoms with E-state index in [0.29, 0.717) is 6.04 Å². The minimum absolute atomic E-state index is 0.422. The highest BCUT2D eigenvalue weighted by atomic mass is 31.0. The number of carbonyl (C=O) groups excluding carboxylic acids is 1. The topological polar surface area (TPSA) is 65.0 Å². The molecule has 0 aromatic heterocycles. The Morgan fingerprint density at radius 1 is 1.11 bits per heavy atom. The molecule has 2 saturated heterocycles. The Morgan fingerprint density at radius 2 is 1.83 bits per heavy atom. The van der Waals surface area contributed by atoms with Crippen molar-refractivity contribution in [2.24, 2.45) is 5.18 Å². The first kappa shape index (κ1) is 27.3. The van der Waals surface area contributed by atoms with Gasteiger partial charge in [0.15, 0.2) is 0 Å². The van der Waals surface area contributed by atoms with E-state index in [0.717, 1.165) is 63.8 Å². The number of aryl methyl sites for hydroxylation is 2. The van der Waals surface area contributed by atoms with Crippen LogP contribution in [0.5, 0.6) is 0 Å². The van der Waals surface area contributed by atoms with Crippen molar-refractivity contribution >= 4 is 20.6 Å². The van der Waals surface area contributed by atoms with Gasteiger partial charge in [0, 0.05) is 56.2 Å². The number of likely N-dealkylation sites (tertiary alicyclic amines) is 2. The molecule has 2 fully saturated rings. The van der Waals surface area contributed by atoms with Crippen molar-refractivity contribution < 1.29 is 4.79 Å². The van der Waals surface area contributed by atoms with Gasteiger partial charge in [-0.3, -0.25) is 14.6 Å². The van der Waals surface area contributed by atoms with Gasteiger partial charge in [0.2, 0.25) is 0 Å². The van der Waals surface area contributed by atoms with Crippen molar-refractivity contribution in [3.05, 3.63) is 75.7 Å². The smallest absolute Gasteiger partial charge is 0.150 e. The number of hydrogen-bond acceptors (Lipinski definition) is 5. The fraction of sp³-hybridized carbons (Fsp3) is 0.500. The molecule has 2 aliphatic heterocycles. The average Bonchev–Trinajstić information content (AvgIpc) is 3.38. The normalized spacial score (nSPS) is 20.0. The molecular formula is C28H39N4O2P. The molecule has 4 rings (SSSR count). The van der Waals surface area contributed by atoms with Crippen molar-refractivity contribution in [1.82, 2.24) is 15.1 Å². The van der Waals surface area contributed by atoms with Gasteiger partial charge in [0.25, 0.3) is 0 Å². The van der Waals surface area contributed by atoms with Crippen LogP contribution in [0.2, 0.25) is 0 Å². The lowest BCUT2D eigenvalue weighted by Gasteiger charge is -2.40. The second-order valence-electron chi connectivity index (χ2n) is 9.84. The first-order chi connectivity index (χ1) is 16.9. The van der Waals surface area contributed by atoms with Crippen molar-refractivity contribution in [2.75, 3.05) is 39.8 Å². The molecule has 0 aliphatic carbocycles. The summed E-state index contributed by atoms with van der Waals surface area (Å²) < 4.78 is 0. The molecule has 0 radical (unpaired) electrons. The quantitative estimate of drug-likeness (QED) is 0.332. The number of hydrogen-bond donors (Lipinski definition) is 1. The van der Waals surface area contributed by atoms with Crippen LogP contribution in [0.1, 0.15) is 46.3 Å². The Kier molecular flexibility index (Phi) is 10.3. The average molecular weight is 495 g/mol. The molecule has 1 atom stereocenters. The predicted molar refractivity (Wildman–Crippen MR) is 148 cm³/mol. The molecule has 0 spiro atoms. The summed E-state index contributed by atoms with van der Waals surface area (Å²) in [6, 6.07) is 16.6. The maximum absolute atomic E-state index is 11.6. The van der Waals surface area contributed by atoms with Crippen molar-refractivity contribution in [3.63, 3.8) is 0 Å². The Balaban J connectivity index is 0.000000287. The van der Waals surface area contributed by atoms with E-state index in [9.17, 15) is 9.70 Å². The van der Waals surface area contributed by atoms with Crippen LogP contribution in [-0.4, -0.2) is 72.9 Å². The minimum atomic E-state index is -0.422. The van der Waals surface area contributed by atoms with Gasteiger partial charge >= 0.3 is 0 Å². The Hall–Kier alpha value is -2.24. The molecule has 2 aromatic rings. The van der Waals surface area contributed by atoms with E-state index in [1.165, 1.54) is 28.5 Å². The van der Waals surface area contributed by atoms with Gasteiger partial charge in [-0.05, 0) is 62.9 Å². The highest BCUT2D eigenvalue weighted by Gasteiger charge is 2.39. The van der Waals surface area contributed by atoms with E-state index < -0.39 is 5.54 Å². The molecule has 0 saturated carbocycles. The molecule has 0 bridgehead atoms. The first-order valence-electron chi connectivity index (χ1n) is 12.5. The van der Waals surface area contributed by atoms with Crippen molar-refractivity contribution in [1.29, 1.82) is 0 Å². The number of benzene rings is 2. The zero-order valence-corrected chi connectivity index (χ0v) is 22.3. The molecule has 1 unspecified atom stereocenters. The number of nitroso groups, excluding NO2 is 1. The number of nitrogens with zero attached hydrogens (tertiary/aromatic N) is 3. The summed E-state index contributed by atoms with van der Waals surface area (Å²) in [6.45, 7) is 9.02. The van der Waals surface area contributed by atoms with Crippen LogP contribution in [-0.2, 0) is 6.42 Å². The Labute approximate surface area is 212 Å². The van der Waals surface area contributed by atoms with Gasteiger partial charge in [-0.2, -0.15) is 4.91 Å². The van der Waals surface area contributed by atoms with Gasteiger partial charge in [0.1, 0.15) is 11.8 Å². The third kappa shape index (κ3) is 7.62. The zero-order valence-electron chi connectivity index (χ0n) is 21.3. The lowest BCUT2D eigenvalue weighted by molar-refractivity contribution is 0.112. The van der Waals surface area contributed by atoms with Crippen LogP contribution >= 0.6 is 8.86 Å². The van der Waals surface area contributed by atoms with Crippen molar-refractivity contribution in [2.45, 2.75) is 51.1 Å². The summed E-state index contributed by atoms with van der Waals surface area (Å²) in [4.78, 5) is 26.9. The van der Waals surface area contributed by atoms with E-state index in [4.69, 9.17) is 0 Å². The number of likely N-dealkylation sites (N-methyl/N-ethyl adjacent to an activating group) is 1. The first-order valence-corrected chi connectivity index (χ1v) is 13.0. The second kappa shape index (κ2) is 13.2. The van der Waals surface area contributed by atoms with Gasteiger partial charge < -0.3 is 5.32 Å². The van der Waals surface area contributed by atoms with Gasteiger partial charge in [0.05, 0.1) is 0 Å². The lowest BCUT2D eigenvalue weighted by Crippen LogP contribution is -2.49.